The lowest BCUT2D eigenvalue weighted by molar-refractivity contribution is 0.458. The van der Waals surface area contributed by atoms with E-state index in [9.17, 15) is 33.7 Å². The summed E-state index contributed by atoms with van der Waals surface area (Å²) in [5.74, 6) is 0. The van der Waals surface area contributed by atoms with Gasteiger partial charge >= 0.3 is 20.2 Å². The van der Waals surface area contributed by atoms with E-state index in [-0.39, 0.29) is 0 Å². The van der Waals surface area contributed by atoms with Gasteiger partial charge in [-0.25, -0.2) is 16.8 Å². The maximum Gasteiger partial charge on any atom is 0.313 e. The van der Waals surface area contributed by atoms with Crippen molar-refractivity contribution in [2.75, 3.05) is 0 Å². The van der Waals surface area contributed by atoms with Gasteiger partial charge in [-0.2, -0.15) is 16.8 Å². The van der Waals surface area contributed by atoms with E-state index in [1.807, 2.05) is 0 Å². The molecule has 2 aromatic rings. The van der Waals surface area contributed by atoms with Crippen LogP contribution >= 0.6 is 21.4 Å². The maximum atomic E-state index is 12.3. The van der Waals surface area contributed by atoms with Crippen molar-refractivity contribution in [2.24, 2.45) is 0 Å². The average Bonchev–Trinajstić information content (AvgIpc) is 2.52. The van der Waals surface area contributed by atoms with Gasteiger partial charge in [-0.15, -0.1) is 3.63 Å². The molecule has 0 aromatic heterocycles. The van der Waals surface area contributed by atoms with Gasteiger partial charge in [0.2, 0.25) is 0 Å². The van der Waals surface area contributed by atoms with Crippen LogP contribution < -0.4 is 0 Å². The van der Waals surface area contributed by atoms with Crippen LogP contribution in [0, 0.1) is 0 Å². The molecule has 2 rings (SSSR count). The third kappa shape index (κ3) is 4.99. The molecule has 0 unspecified atom stereocenters. The normalized spacial score (nSPS) is 13.4. The topological polar surface area (TPSA) is 146 Å². The molecule has 0 aliphatic heterocycles. The summed E-state index contributed by atoms with van der Waals surface area (Å²) in [6.07, 6.45) is 0. The van der Waals surface area contributed by atoms with Gasteiger partial charge in [-0.1, -0.05) is 24.3 Å². The van der Waals surface area contributed by atoms with Crippen molar-refractivity contribution < 1.29 is 37.3 Å². The van der Waals surface area contributed by atoms with Crippen LogP contribution in [-0.4, -0.2) is 33.7 Å². The lowest BCUT2D eigenvalue weighted by Crippen LogP contribution is -2.17. The summed E-state index contributed by atoms with van der Waals surface area (Å²) in [5, 5.41) is 0. The first-order valence-corrected chi connectivity index (χ1v) is 13.9. The highest BCUT2D eigenvalue weighted by molar-refractivity contribution is 8.14. The van der Waals surface area contributed by atoms with Gasteiger partial charge in [0.05, 0.1) is 0 Å². The fraction of sp³-hybridized carbons (Fsp3) is 0. The van der Waals surface area contributed by atoms with Gasteiger partial charge in [0.25, 0.3) is 18.1 Å². The summed E-state index contributed by atoms with van der Waals surface area (Å²) >= 11 is 0. The van der Waals surface area contributed by atoms with Crippen LogP contribution in [0.25, 0.3) is 0 Å². The summed E-state index contributed by atoms with van der Waals surface area (Å²) in [4.78, 5) is -3.93. The summed E-state index contributed by atoms with van der Waals surface area (Å²) in [6, 6.07) is 7.66. The lowest BCUT2D eigenvalue weighted by atomic mass is 10.4. The van der Waals surface area contributed by atoms with Gasteiger partial charge in [0, 0.05) is 21.4 Å². The second-order valence-electron chi connectivity index (χ2n) is 4.75. The molecule has 0 fully saturated rings. The number of halogens is 2. The monoisotopic (exact) mass is 494 g/mol. The maximum absolute atomic E-state index is 12.3. The van der Waals surface area contributed by atoms with E-state index in [4.69, 9.17) is 21.4 Å². The fourth-order valence-corrected chi connectivity index (χ4v) is 8.01. The largest absolute Gasteiger partial charge is 0.313 e. The van der Waals surface area contributed by atoms with Gasteiger partial charge in [0.15, 0.2) is 0 Å². The average molecular weight is 495 g/mol. The molecule has 15 heteroatoms. The van der Waals surface area contributed by atoms with Gasteiger partial charge in [-0.3, -0.25) is 0 Å². The van der Waals surface area contributed by atoms with Gasteiger partial charge < -0.3 is 0 Å². The molecule has 0 N–H and O–H groups in total. The summed E-state index contributed by atoms with van der Waals surface area (Å²) in [7, 11) is -9.30. The Balaban J connectivity index is 2.65. The van der Waals surface area contributed by atoms with E-state index >= 15 is 0 Å². The molecular formula is C12H8Cl2O9S4. The zero-order valence-corrected chi connectivity index (χ0v) is 17.5. The Bertz CT molecular complexity index is 1210. The first kappa shape index (κ1) is 22.1. The van der Waals surface area contributed by atoms with E-state index in [1.54, 1.807) is 0 Å². The van der Waals surface area contributed by atoms with E-state index in [0.29, 0.717) is 0 Å². The Hall–Kier alpha value is -1.22. The summed E-state index contributed by atoms with van der Waals surface area (Å²) in [6.45, 7) is 0. The molecule has 0 aliphatic carbocycles. The molecule has 0 spiro atoms. The molecule has 148 valence electrons. The SMILES string of the molecule is O=S(=O)(Cl)c1ccccc1S(=O)(=O)OS(=O)(=O)c1ccccc1S(=O)(=O)Cl. The Kier molecular flexibility index (Phi) is 5.98. The van der Waals surface area contributed by atoms with Crippen LogP contribution in [0.5, 0.6) is 0 Å². The predicted molar refractivity (Wildman–Crippen MR) is 94.4 cm³/mol. The highest BCUT2D eigenvalue weighted by Gasteiger charge is 2.34. The molecule has 0 aliphatic rings. The third-order valence-electron chi connectivity index (χ3n) is 2.94. The number of benzene rings is 2. The van der Waals surface area contributed by atoms with Crippen LogP contribution in [0.2, 0.25) is 0 Å². The van der Waals surface area contributed by atoms with Crippen molar-refractivity contribution in [3.8, 4) is 0 Å². The fourth-order valence-electron chi connectivity index (χ4n) is 1.91. The molecule has 2 aromatic carbocycles. The van der Waals surface area contributed by atoms with Crippen molar-refractivity contribution in [3.63, 3.8) is 0 Å². The predicted octanol–water partition coefficient (Wildman–Crippen LogP) is 1.64. The zero-order chi connectivity index (χ0) is 20.7. The summed E-state index contributed by atoms with van der Waals surface area (Å²) < 4.78 is 99.6. The molecule has 0 atom stereocenters. The van der Waals surface area contributed by atoms with Crippen molar-refractivity contribution in [1.29, 1.82) is 0 Å². The number of hydrogen-bond acceptors (Lipinski definition) is 9. The highest BCUT2D eigenvalue weighted by Crippen LogP contribution is 2.30. The molecule has 0 heterocycles. The first-order valence-electron chi connectivity index (χ1n) is 6.45. The van der Waals surface area contributed by atoms with Crippen molar-refractivity contribution >= 4 is 59.7 Å². The van der Waals surface area contributed by atoms with Crippen molar-refractivity contribution in [3.05, 3.63) is 48.5 Å². The molecular weight excluding hydrogens is 487 g/mol. The lowest BCUT2D eigenvalue weighted by Gasteiger charge is -2.10. The highest BCUT2D eigenvalue weighted by atomic mass is 35.7. The molecule has 0 saturated heterocycles. The van der Waals surface area contributed by atoms with Crippen molar-refractivity contribution in [1.82, 2.24) is 0 Å². The Morgan fingerprint density at radius 2 is 0.778 bits per heavy atom. The standard InChI is InChI=1S/C12H8Cl2O9S4/c13-24(15,16)9-5-1-3-7-11(9)26(19,20)23-27(21,22)12-8-4-2-6-10(12)25(14,17)18/h1-8H. The summed E-state index contributed by atoms with van der Waals surface area (Å²) in [5.41, 5.74) is 0. The molecule has 0 bridgehead atoms. The van der Waals surface area contributed by atoms with Crippen LogP contribution in [0.4, 0.5) is 0 Å². The minimum Gasteiger partial charge on any atom is -0.207 e. The smallest absolute Gasteiger partial charge is 0.207 e. The van der Waals surface area contributed by atoms with Gasteiger partial charge in [-0.05, 0) is 24.3 Å². The number of rotatable bonds is 6. The molecule has 0 saturated carbocycles. The van der Waals surface area contributed by atoms with Crippen LogP contribution in [0.15, 0.2) is 68.1 Å². The Morgan fingerprint density at radius 3 is 1.04 bits per heavy atom. The van der Waals surface area contributed by atoms with Gasteiger partial charge in [0.1, 0.15) is 19.6 Å². The van der Waals surface area contributed by atoms with Crippen LogP contribution in [0.3, 0.4) is 0 Å². The minimum atomic E-state index is -5.23. The van der Waals surface area contributed by atoms with Crippen LogP contribution in [-0.2, 0) is 42.0 Å². The molecule has 9 nitrogen and oxygen atoms in total. The zero-order valence-electron chi connectivity index (χ0n) is 12.7. The quantitative estimate of drug-likeness (QED) is 0.546. The molecule has 27 heavy (non-hydrogen) atoms. The molecule has 0 amide bonds. The second kappa shape index (κ2) is 7.31. The van der Waals surface area contributed by atoms with Crippen molar-refractivity contribution in [2.45, 2.75) is 19.6 Å². The minimum absolute atomic E-state index is 0.754. The third-order valence-corrected chi connectivity index (χ3v) is 9.18. The van der Waals surface area contributed by atoms with E-state index < -0.39 is 57.9 Å². The first-order chi connectivity index (χ1) is 12.2. The van der Waals surface area contributed by atoms with Crippen LogP contribution in [0.1, 0.15) is 0 Å². The van der Waals surface area contributed by atoms with E-state index in [1.165, 1.54) is 0 Å². The second-order valence-corrected chi connectivity index (χ2v) is 13.1. The van der Waals surface area contributed by atoms with E-state index in [0.717, 1.165) is 48.5 Å². The Labute approximate surface area is 164 Å². The van der Waals surface area contributed by atoms with E-state index in [2.05, 4.69) is 3.63 Å². The molecule has 0 radical (unpaired) electrons. The Morgan fingerprint density at radius 1 is 0.519 bits per heavy atom. The number of hydrogen-bond donors (Lipinski definition) is 0.